The minimum atomic E-state index is -0.284. The van der Waals surface area contributed by atoms with Gasteiger partial charge in [-0.2, -0.15) is 0 Å². The summed E-state index contributed by atoms with van der Waals surface area (Å²) in [7, 11) is 0. The highest BCUT2D eigenvalue weighted by molar-refractivity contribution is 7.98. The fourth-order valence-corrected chi connectivity index (χ4v) is 4.53. The summed E-state index contributed by atoms with van der Waals surface area (Å²) in [4.78, 5) is 24.9. The van der Waals surface area contributed by atoms with Crippen LogP contribution in [-0.2, 0) is 14.3 Å². The van der Waals surface area contributed by atoms with Gasteiger partial charge in [0.15, 0.2) is 6.61 Å². The van der Waals surface area contributed by atoms with E-state index in [1.807, 2.05) is 30.5 Å². The molecule has 5 heteroatoms. The van der Waals surface area contributed by atoms with E-state index in [0.717, 1.165) is 22.9 Å². The summed E-state index contributed by atoms with van der Waals surface area (Å²) in [6, 6.07) is 7.59. The number of esters is 1. The summed E-state index contributed by atoms with van der Waals surface area (Å²) in [5.41, 5.74) is 0.758. The fraction of sp³-hybridized carbons (Fsp3) is 0.556. The first-order chi connectivity index (χ1) is 11.2. The van der Waals surface area contributed by atoms with E-state index in [4.69, 9.17) is 4.74 Å². The zero-order valence-corrected chi connectivity index (χ0v) is 14.2. The minimum Gasteiger partial charge on any atom is -0.456 e. The Hall–Kier alpha value is -1.49. The predicted octanol–water partition coefficient (Wildman–Crippen LogP) is 3.72. The van der Waals surface area contributed by atoms with Crippen molar-refractivity contribution in [3.05, 3.63) is 24.3 Å². The lowest BCUT2D eigenvalue weighted by molar-refractivity contribution is -0.148. The van der Waals surface area contributed by atoms with E-state index in [2.05, 4.69) is 5.32 Å². The van der Waals surface area contributed by atoms with Gasteiger partial charge in [-0.15, -0.1) is 11.8 Å². The van der Waals surface area contributed by atoms with E-state index in [9.17, 15) is 9.59 Å². The third-order valence-corrected chi connectivity index (χ3v) is 5.85. The lowest BCUT2D eigenvalue weighted by Gasteiger charge is -2.20. The molecule has 124 valence electrons. The van der Waals surface area contributed by atoms with Gasteiger partial charge in [0.25, 0.3) is 5.91 Å². The van der Waals surface area contributed by atoms with Crippen molar-refractivity contribution < 1.29 is 14.3 Å². The monoisotopic (exact) mass is 333 g/mol. The maximum atomic E-state index is 12.0. The van der Waals surface area contributed by atoms with Gasteiger partial charge >= 0.3 is 5.97 Å². The van der Waals surface area contributed by atoms with Gasteiger partial charge in [-0.3, -0.25) is 9.59 Å². The average molecular weight is 333 g/mol. The number of hydrogen-bond acceptors (Lipinski definition) is 4. The number of benzene rings is 1. The van der Waals surface area contributed by atoms with E-state index in [-0.39, 0.29) is 18.5 Å². The first-order valence-corrected chi connectivity index (χ1v) is 9.46. The molecule has 0 saturated heterocycles. The average Bonchev–Trinajstić information content (AvgIpc) is 3.16. The van der Waals surface area contributed by atoms with Crippen LogP contribution < -0.4 is 5.32 Å². The van der Waals surface area contributed by atoms with Gasteiger partial charge in [0.1, 0.15) is 0 Å². The zero-order valence-electron chi connectivity index (χ0n) is 13.4. The molecule has 4 nitrogen and oxygen atoms in total. The molecule has 2 fully saturated rings. The van der Waals surface area contributed by atoms with Gasteiger partial charge in [0.2, 0.25) is 0 Å². The van der Waals surface area contributed by atoms with Gasteiger partial charge in [0.05, 0.1) is 5.69 Å². The largest absolute Gasteiger partial charge is 0.456 e. The first kappa shape index (κ1) is 16.4. The molecule has 1 N–H and O–H groups in total. The number of thioether (sulfide) groups is 1. The molecule has 0 heterocycles. The number of hydrogen-bond donors (Lipinski definition) is 1. The molecule has 3 rings (SSSR count). The topological polar surface area (TPSA) is 55.4 Å². The minimum absolute atomic E-state index is 0.206. The Morgan fingerprint density at radius 1 is 1.26 bits per heavy atom. The van der Waals surface area contributed by atoms with Crippen molar-refractivity contribution >= 4 is 29.3 Å². The summed E-state index contributed by atoms with van der Waals surface area (Å²) in [6.45, 7) is -0.206. The molecule has 23 heavy (non-hydrogen) atoms. The summed E-state index contributed by atoms with van der Waals surface area (Å²) >= 11 is 1.57. The molecule has 1 amide bonds. The predicted molar refractivity (Wildman–Crippen MR) is 91.4 cm³/mol. The molecule has 2 bridgehead atoms. The zero-order chi connectivity index (χ0) is 16.2. The second-order valence-corrected chi connectivity index (χ2v) is 7.40. The van der Waals surface area contributed by atoms with Crippen LogP contribution in [0.4, 0.5) is 5.69 Å². The number of ether oxygens (including phenoxy) is 1. The molecule has 0 radical (unpaired) electrons. The van der Waals surface area contributed by atoms with Crippen molar-refractivity contribution in [3.63, 3.8) is 0 Å². The maximum Gasteiger partial charge on any atom is 0.306 e. The van der Waals surface area contributed by atoms with Crippen LogP contribution in [0.25, 0.3) is 0 Å². The molecular formula is C18H23NO3S. The van der Waals surface area contributed by atoms with Crippen LogP contribution in [0.1, 0.15) is 32.1 Å². The van der Waals surface area contributed by atoms with E-state index in [1.54, 1.807) is 11.8 Å². The number of carbonyl (C=O) groups excluding carboxylic acids is 2. The molecule has 0 aromatic heterocycles. The number of nitrogens with one attached hydrogen (secondary N) is 1. The van der Waals surface area contributed by atoms with Crippen LogP contribution in [-0.4, -0.2) is 24.7 Å². The number of rotatable bonds is 6. The van der Waals surface area contributed by atoms with Gasteiger partial charge < -0.3 is 10.1 Å². The van der Waals surface area contributed by atoms with Crippen LogP contribution in [0, 0.1) is 17.8 Å². The van der Waals surface area contributed by atoms with Crippen molar-refractivity contribution in [1.82, 2.24) is 0 Å². The van der Waals surface area contributed by atoms with Gasteiger partial charge in [-0.25, -0.2) is 0 Å². The highest BCUT2D eigenvalue weighted by Crippen LogP contribution is 2.49. The third kappa shape index (κ3) is 4.08. The van der Waals surface area contributed by atoms with Gasteiger partial charge in [0, 0.05) is 11.3 Å². The lowest BCUT2D eigenvalue weighted by atomic mass is 9.86. The highest BCUT2D eigenvalue weighted by atomic mass is 32.2. The Morgan fingerprint density at radius 3 is 2.78 bits per heavy atom. The van der Waals surface area contributed by atoms with Crippen molar-refractivity contribution in [3.8, 4) is 0 Å². The Bertz CT molecular complexity index is 589. The first-order valence-electron chi connectivity index (χ1n) is 8.24. The summed E-state index contributed by atoms with van der Waals surface area (Å²) in [5.74, 6) is 1.48. The number of amides is 1. The smallest absolute Gasteiger partial charge is 0.306 e. The molecule has 2 saturated carbocycles. The maximum absolute atomic E-state index is 12.0. The van der Waals surface area contributed by atoms with Crippen LogP contribution in [0.15, 0.2) is 29.2 Å². The molecule has 3 atom stereocenters. The van der Waals surface area contributed by atoms with E-state index >= 15 is 0 Å². The number of fused-ring (bicyclic) bond motifs is 2. The Morgan fingerprint density at radius 2 is 2.09 bits per heavy atom. The quantitative estimate of drug-likeness (QED) is 0.637. The summed E-state index contributed by atoms with van der Waals surface area (Å²) < 4.78 is 5.16. The van der Waals surface area contributed by atoms with Crippen LogP contribution in [0.3, 0.4) is 0 Å². The van der Waals surface area contributed by atoms with Crippen molar-refractivity contribution in [2.75, 3.05) is 18.2 Å². The molecule has 0 spiro atoms. The molecule has 0 unspecified atom stereocenters. The SMILES string of the molecule is CSc1ccccc1NC(=O)COC(=O)C[C@H]1C[C@@H]2CC[C@@H]1C2. The van der Waals surface area contributed by atoms with Crippen molar-refractivity contribution in [2.45, 2.75) is 37.0 Å². The molecule has 2 aliphatic carbocycles. The molecule has 2 aliphatic rings. The Labute approximate surface area is 141 Å². The summed E-state index contributed by atoms with van der Waals surface area (Å²) in [6.07, 6.45) is 7.45. The van der Waals surface area contributed by atoms with Crippen LogP contribution in [0.2, 0.25) is 0 Å². The molecular weight excluding hydrogens is 310 g/mol. The van der Waals surface area contributed by atoms with Crippen LogP contribution >= 0.6 is 11.8 Å². The number of carbonyl (C=O) groups is 2. The fourth-order valence-electron chi connectivity index (χ4n) is 3.98. The van der Waals surface area contributed by atoms with E-state index < -0.39 is 0 Å². The Balaban J connectivity index is 1.42. The van der Waals surface area contributed by atoms with Crippen molar-refractivity contribution in [1.29, 1.82) is 0 Å². The number of anilines is 1. The second kappa shape index (κ2) is 7.39. The lowest BCUT2D eigenvalue weighted by Crippen LogP contribution is -2.23. The molecule has 0 aliphatic heterocycles. The van der Waals surface area contributed by atoms with Crippen LogP contribution in [0.5, 0.6) is 0 Å². The highest BCUT2D eigenvalue weighted by Gasteiger charge is 2.40. The number of para-hydroxylation sites is 1. The van der Waals surface area contributed by atoms with Gasteiger partial charge in [-0.05, 0) is 55.4 Å². The van der Waals surface area contributed by atoms with Crippen molar-refractivity contribution in [2.24, 2.45) is 17.8 Å². The van der Waals surface area contributed by atoms with Gasteiger partial charge in [-0.1, -0.05) is 18.6 Å². The van der Waals surface area contributed by atoms with E-state index in [1.165, 1.54) is 19.3 Å². The molecule has 1 aromatic carbocycles. The normalized spacial score (nSPS) is 25.3. The molecule has 1 aromatic rings. The second-order valence-electron chi connectivity index (χ2n) is 6.55. The standard InChI is InChI=1S/C18H23NO3S/c1-23-16-5-3-2-4-15(16)19-17(20)11-22-18(21)10-14-9-12-6-7-13(14)8-12/h2-5,12-14H,6-11H2,1H3,(H,19,20)/t12-,13-,14-/m1/s1. The summed E-state index contributed by atoms with van der Waals surface area (Å²) in [5, 5.41) is 2.80. The third-order valence-electron chi connectivity index (χ3n) is 5.06. The van der Waals surface area contributed by atoms with E-state index in [0.29, 0.717) is 18.3 Å². The Kier molecular flexibility index (Phi) is 5.26.